The minimum Gasteiger partial charge on any atom is -1.00 e. The number of hydrogen-bond donors (Lipinski definition) is 5. The van der Waals surface area contributed by atoms with Crippen molar-refractivity contribution in [2.24, 2.45) is 0 Å². The number of phenolic OH excluding ortho intramolecular Hbond substituents is 1. The molecule has 1 aromatic carbocycles. The van der Waals surface area contributed by atoms with E-state index in [-0.39, 0.29) is 47.7 Å². The number of aromatic hydroxyl groups is 1. The number of hydrogen-bond acceptors (Lipinski definition) is 7. The summed E-state index contributed by atoms with van der Waals surface area (Å²) in [5.74, 6) is -5.28. The van der Waals surface area contributed by atoms with E-state index in [2.05, 4.69) is 4.74 Å². The van der Waals surface area contributed by atoms with Gasteiger partial charge in [-0.15, -0.1) is 0 Å². The molecule has 5 N–H and O–H groups in total. The maximum absolute atomic E-state index is 10.8. The third-order valence-electron chi connectivity index (χ3n) is 2.57. The Labute approximate surface area is 176 Å². The van der Waals surface area contributed by atoms with E-state index >= 15 is 0 Å². The molecule has 26 heavy (non-hydrogen) atoms. The predicted molar refractivity (Wildman–Crippen MR) is 76.5 cm³/mol. The van der Waals surface area contributed by atoms with Crippen molar-refractivity contribution in [1.82, 2.24) is 0 Å². The number of carbonyl (C=O) groups is 4. The number of esters is 1. The van der Waals surface area contributed by atoms with Crippen molar-refractivity contribution >= 4 is 23.9 Å². The van der Waals surface area contributed by atoms with Gasteiger partial charge in [-0.1, -0.05) is 0 Å². The first kappa shape index (κ1) is 28.9. The molecule has 0 spiro atoms. The molecule has 0 radical (unpaired) electrons. The van der Waals surface area contributed by atoms with Crippen LogP contribution in [0.3, 0.4) is 0 Å². The number of halogens is 1. The van der Waals surface area contributed by atoms with Crippen LogP contribution < -0.4 is 42.0 Å². The molecule has 0 aromatic heterocycles. The molecule has 1 rings (SSSR count). The van der Waals surface area contributed by atoms with Crippen molar-refractivity contribution in [2.45, 2.75) is 18.4 Å². The molecule has 0 fully saturated rings. The molecular formula is C14H16ClNaO10. The van der Waals surface area contributed by atoms with Crippen LogP contribution in [0.1, 0.15) is 23.2 Å². The summed E-state index contributed by atoms with van der Waals surface area (Å²) in [5, 5.41) is 42.7. The van der Waals surface area contributed by atoms with Crippen molar-refractivity contribution in [2.75, 3.05) is 7.11 Å². The Balaban J connectivity index is -0.000000381. The van der Waals surface area contributed by atoms with E-state index < -0.39 is 42.3 Å². The van der Waals surface area contributed by atoms with Crippen LogP contribution in [0.25, 0.3) is 0 Å². The first-order valence-electron chi connectivity index (χ1n) is 6.28. The standard InChI is InChI=1S/C8H8O3.C6H8O7.ClH.Na/c1-11-8(10)6-2-4-7(9)5-3-6;7-3(8)1-6(13,5(11)12)2-4(9)10;;/h2-5,9H,1H3;13H,1-2H2,(H,7,8)(H,9,10)(H,11,12);1H;/q;;;+1/p-1. The van der Waals surface area contributed by atoms with Gasteiger partial charge in [-0.3, -0.25) is 9.59 Å². The van der Waals surface area contributed by atoms with Crippen molar-refractivity contribution < 1.29 is 91.4 Å². The molecule has 0 unspecified atom stereocenters. The second-order valence-corrected chi connectivity index (χ2v) is 4.52. The first-order chi connectivity index (χ1) is 11.0. The average Bonchev–Trinajstić information content (AvgIpc) is 2.46. The molecule has 0 aliphatic heterocycles. The van der Waals surface area contributed by atoms with Gasteiger partial charge in [-0.25, -0.2) is 9.59 Å². The molecule has 1 aromatic rings. The molecule has 0 aliphatic carbocycles. The molecular weight excluding hydrogens is 387 g/mol. The minimum absolute atomic E-state index is 0. The van der Waals surface area contributed by atoms with Crippen LogP contribution in [0.4, 0.5) is 0 Å². The van der Waals surface area contributed by atoms with Crippen LogP contribution in [0.2, 0.25) is 0 Å². The molecule has 0 aliphatic rings. The zero-order valence-electron chi connectivity index (χ0n) is 13.9. The van der Waals surface area contributed by atoms with Crippen molar-refractivity contribution in [3.8, 4) is 5.75 Å². The van der Waals surface area contributed by atoms with Crippen molar-refractivity contribution in [1.29, 1.82) is 0 Å². The number of carboxylic acid groups (broad SMARTS) is 3. The monoisotopic (exact) mass is 402 g/mol. The third kappa shape index (κ3) is 10.9. The number of phenols is 1. The Morgan fingerprint density at radius 2 is 1.35 bits per heavy atom. The summed E-state index contributed by atoms with van der Waals surface area (Å²) in [6.45, 7) is 0. The van der Waals surface area contributed by atoms with Crippen LogP contribution in [-0.4, -0.2) is 62.1 Å². The molecule has 0 amide bonds. The Hall–Kier alpha value is -1.85. The van der Waals surface area contributed by atoms with Crippen LogP contribution in [0, 0.1) is 0 Å². The third-order valence-corrected chi connectivity index (χ3v) is 2.57. The Morgan fingerprint density at radius 1 is 0.962 bits per heavy atom. The first-order valence-corrected chi connectivity index (χ1v) is 6.28. The summed E-state index contributed by atoms with van der Waals surface area (Å²) >= 11 is 0. The summed E-state index contributed by atoms with van der Waals surface area (Å²) in [7, 11) is 1.31. The number of rotatable bonds is 6. The Bertz CT molecular complexity index is 601. The van der Waals surface area contributed by atoms with Crippen LogP contribution in [-0.2, 0) is 19.1 Å². The van der Waals surface area contributed by atoms with E-state index in [0.717, 1.165) is 0 Å². The summed E-state index contributed by atoms with van der Waals surface area (Å²) in [4.78, 5) is 41.3. The second kappa shape index (κ2) is 13.4. The molecule has 10 nitrogen and oxygen atoms in total. The number of aliphatic hydroxyl groups is 1. The zero-order valence-corrected chi connectivity index (χ0v) is 16.6. The Kier molecular flexibility index (Phi) is 14.9. The van der Waals surface area contributed by atoms with Gasteiger partial charge in [-0.05, 0) is 24.3 Å². The van der Waals surface area contributed by atoms with Gasteiger partial charge in [0, 0.05) is 0 Å². The molecule has 0 atom stereocenters. The molecule has 0 saturated carbocycles. The molecule has 140 valence electrons. The normalized spacial score (nSPS) is 9.31. The molecule has 0 saturated heterocycles. The number of benzene rings is 1. The zero-order chi connectivity index (χ0) is 18.9. The van der Waals surface area contributed by atoms with Gasteiger partial charge >= 0.3 is 53.4 Å². The summed E-state index contributed by atoms with van der Waals surface area (Å²) < 4.78 is 4.46. The van der Waals surface area contributed by atoms with E-state index in [1.807, 2.05) is 0 Å². The van der Waals surface area contributed by atoms with E-state index in [0.29, 0.717) is 5.56 Å². The average molecular weight is 403 g/mol. The maximum Gasteiger partial charge on any atom is 1.00 e. The van der Waals surface area contributed by atoms with Gasteiger partial charge in [0.25, 0.3) is 0 Å². The smallest absolute Gasteiger partial charge is 1.00 e. The number of carboxylic acids is 3. The number of carbonyl (C=O) groups excluding carboxylic acids is 1. The van der Waals surface area contributed by atoms with Crippen molar-refractivity contribution in [3.63, 3.8) is 0 Å². The Morgan fingerprint density at radius 3 is 1.62 bits per heavy atom. The number of ether oxygens (including phenoxy) is 1. The van der Waals surface area contributed by atoms with Crippen LogP contribution in [0.5, 0.6) is 5.75 Å². The number of methoxy groups -OCH3 is 1. The molecule has 12 heteroatoms. The van der Waals surface area contributed by atoms with Gasteiger partial charge in [0.1, 0.15) is 5.75 Å². The quantitative estimate of drug-likeness (QED) is 0.227. The summed E-state index contributed by atoms with van der Waals surface area (Å²) in [6.07, 6.45) is -2.29. The van der Waals surface area contributed by atoms with E-state index in [1.165, 1.54) is 31.4 Å². The largest absolute Gasteiger partial charge is 1.00 e. The molecule has 0 bridgehead atoms. The van der Waals surface area contributed by atoms with Gasteiger partial charge in [0.05, 0.1) is 25.5 Å². The minimum atomic E-state index is -2.74. The second-order valence-electron chi connectivity index (χ2n) is 4.52. The fourth-order valence-electron chi connectivity index (χ4n) is 1.43. The predicted octanol–water partition coefficient (Wildman–Crippen LogP) is -6.06. The van der Waals surface area contributed by atoms with Crippen LogP contribution in [0.15, 0.2) is 24.3 Å². The summed E-state index contributed by atoms with van der Waals surface area (Å²) in [6, 6.07) is 5.88. The van der Waals surface area contributed by atoms with E-state index in [1.54, 1.807) is 0 Å². The van der Waals surface area contributed by atoms with Crippen LogP contribution >= 0.6 is 0 Å². The topological polar surface area (TPSA) is 179 Å². The molecule has 0 heterocycles. The SMILES string of the molecule is COC(=O)c1ccc(O)cc1.O=C(O)CC(O)(CC(=O)O)C(=O)O.[Cl-].[Na+]. The van der Waals surface area contributed by atoms with Crippen molar-refractivity contribution in [3.05, 3.63) is 29.8 Å². The van der Waals surface area contributed by atoms with Gasteiger partial charge in [0.2, 0.25) is 0 Å². The summed E-state index contributed by atoms with van der Waals surface area (Å²) in [5.41, 5.74) is -2.30. The van der Waals surface area contributed by atoms with Gasteiger partial charge in [-0.2, -0.15) is 0 Å². The van der Waals surface area contributed by atoms with Gasteiger partial charge in [0.15, 0.2) is 5.60 Å². The van der Waals surface area contributed by atoms with Gasteiger partial charge < -0.3 is 42.7 Å². The van der Waals surface area contributed by atoms with E-state index in [9.17, 15) is 19.2 Å². The van der Waals surface area contributed by atoms with E-state index in [4.69, 9.17) is 25.5 Å². The fourth-order valence-corrected chi connectivity index (χ4v) is 1.43. The maximum atomic E-state index is 10.8. The number of aliphatic carboxylic acids is 3. The fraction of sp³-hybridized carbons (Fsp3) is 0.286.